The summed E-state index contributed by atoms with van der Waals surface area (Å²) < 4.78 is 0. The van der Waals surface area contributed by atoms with Crippen LogP contribution in [0.3, 0.4) is 0 Å². The van der Waals surface area contributed by atoms with Crippen LogP contribution in [0.1, 0.15) is 45.4 Å². The van der Waals surface area contributed by atoms with Crippen molar-refractivity contribution in [2.24, 2.45) is 11.7 Å². The number of hydrogen-bond donors (Lipinski definition) is 2. The second-order valence-corrected chi connectivity index (χ2v) is 4.35. The quantitative estimate of drug-likeness (QED) is 0.700. The van der Waals surface area contributed by atoms with E-state index in [1.54, 1.807) is 0 Å². The van der Waals surface area contributed by atoms with Gasteiger partial charge in [-0.05, 0) is 45.1 Å². The molecule has 1 rings (SSSR count). The molecule has 0 heterocycles. The highest BCUT2D eigenvalue weighted by atomic mass is 14.9. The average Bonchev–Trinajstić information content (AvgIpc) is 2.18. The fourth-order valence-corrected chi connectivity index (χ4v) is 2.41. The van der Waals surface area contributed by atoms with E-state index >= 15 is 0 Å². The number of hydrogen-bond acceptors (Lipinski definition) is 2. The SMILES string of the molecule is CCCC(N)C1CCC(NC)CC1. The highest BCUT2D eigenvalue weighted by Gasteiger charge is 2.23. The van der Waals surface area contributed by atoms with Gasteiger partial charge in [0.05, 0.1) is 0 Å². The Kier molecular flexibility index (Phi) is 4.74. The van der Waals surface area contributed by atoms with Crippen LogP contribution in [-0.4, -0.2) is 19.1 Å². The molecule has 1 aliphatic rings. The van der Waals surface area contributed by atoms with Gasteiger partial charge in [-0.25, -0.2) is 0 Å². The minimum absolute atomic E-state index is 0.461. The lowest BCUT2D eigenvalue weighted by molar-refractivity contribution is 0.257. The Hall–Kier alpha value is -0.0800. The molecule has 1 fully saturated rings. The second kappa shape index (κ2) is 5.61. The third-order valence-corrected chi connectivity index (χ3v) is 3.41. The average molecular weight is 184 g/mol. The van der Waals surface area contributed by atoms with Crippen LogP contribution in [0.5, 0.6) is 0 Å². The van der Waals surface area contributed by atoms with Crippen molar-refractivity contribution < 1.29 is 0 Å². The summed E-state index contributed by atoms with van der Waals surface area (Å²) >= 11 is 0. The molecule has 3 N–H and O–H groups in total. The Bertz CT molecular complexity index is 128. The van der Waals surface area contributed by atoms with E-state index in [4.69, 9.17) is 5.73 Å². The van der Waals surface area contributed by atoms with Gasteiger partial charge in [-0.3, -0.25) is 0 Å². The first-order valence-corrected chi connectivity index (χ1v) is 5.70. The fraction of sp³-hybridized carbons (Fsp3) is 1.00. The van der Waals surface area contributed by atoms with Crippen molar-refractivity contribution in [2.75, 3.05) is 7.05 Å². The molecule has 0 radical (unpaired) electrons. The molecule has 0 spiro atoms. The predicted molar refractivity (Wildman–Crippen MR) is 57.7 cm³/mol. The first-order valence-electron chi connectivity index (χ1n) is 5.70. The fourth-order valence-electron chi connectivity index (χ4n) is 2.41. The normalized spacial score (nSPS) is 31.6. The number of rotatable bonds is 4. The van der Waals surface area contributed by atoms with Crippen LogP contribution >= 0.6 is 0 Å². The minimum Gasteiger partial charge on any atom is -0.327 e. The molecule has 1 atom stereocenters. The van der Waals surface area contributed by atoms with Crippen LogP contribution in [0.25, 0.3) is 0 Å². The molecule has 0 aromatic carbocycles. The maximum Gasteiger partial charge on any atom is 0.00670 e. The summed E-state index contributed by atoms with van der Waals surface area (Å²) in [5.74, 6) is 0.796. The molecule has 78 valence electrons. The third-order valence-electron chi connectivity index (χ3n) is 3.41. The van der Waals surface area contributed by atoms with Crippen LogP contribution in [0.15, 0.2) is 0 Å². The van der Waals surface area contributed by atoms with Gasteiger partial charge in [0.1, 0.15) is 0 Å². The molecule has 13 heavy (non-hydrogen) atoms. The molecule has 0 saturated heterocycles. The van der Waals surface area contributed by atoms with E-state index in [0.717, 1.165) is 12.0 Å². The zero-order valence-electron chi connectivity index (χ0n) is 9.05. The lowest BCUT2D eigenvalue weighted by Crippen LogP contribution is -2.37. The van der Waals surface area contributed by atoms with E-state index < -0.39 is 0 Å². The highest BCUT2D eigenvalue weighted by Crippen LogP contribution is 2.27. The third kappa shape index (κ3) is 3.28. The minimum atomic E-state index is 0.461. The molecule has 2 nitrogen and oxygen atoms in total. The second-order valence-electron chi connectivity index (χ2n) is 4.35. The van der Waals surface area contributed by atoms with E-state index in [1.807, 2.05) is 0 Å². The van der Waals surface area contributed by atoms with Gasteiger partial charge in [-0.15, -0.1) is 0 Å². The Morgan fingerprint density at radius 1 is 1.31 bits per heavy atom. The lowest BCUT2D eigenvalue weighted by Gasteiger charge is -2.31. The predicted octanol–water partition coefficient (Wildman–Crippen LogP) is 1.89. The van der Waals surface area contributed by atoms with Gasteiger partial charge in [0.15, 0.2) is 0 Å². The van der Waals surface area contributed by atoms with E-state index in [2.05, 4.69) is 19.3 Å². The van der Waals surface area contributed by atoms with Crippen molar-refractivity contribution >= 4 is 0 Å². The molecule has 0 aromatic rings. The Morgan fingerprint density at radius 2 is 1.92 bits per heavy atom. The van der Waals surface area contributed by atoms with E-state index in [1.165, 1.54) is 38.5 Å². The Morgan fingerprint density at radius 3 is 2.38 bits per heavy atom. The van der Waals surface area contributed by atoms with Crippen molar-refractivity contribution in [3.05, 3.63) is 0 Å². The van der Waals surface area contributed by atoms with Crippen molar-refractivity contribution in [1.82, 2.24) is 5.32 Å². The van der Waals surface area contributed by atoms with Crippen LogP contribution in [-0.2, 0) is 0 Å². The first-order chi connectivity index (χ1) is 6.27. The van der Waals surface area contributed by atoms with E-state index in [0.29, 0.717) is 6.04 Å². The molecular formula is C11H24N2. The summed E-state index contributed by atoms with van der Waals surface area (Å²) in [7, 11) is 2.07. The molecule has 0 aromatic heterocycles. The molecular weight excluding hydrogens is 160 g/mol. The van der Waals surface area contributed by atoms with Crippen LogP contribution in [0.2, 0.25) is 0 Å². The summed E-state index contributed by atoms with van der Waals surface area (Å²) in [6.45, 7) is 2.22. The van der Waals surface area contributed by atoms with Gasteiger partial charge < -0.3 is 11.1 Å². The van der Waals surface area contributed by atoms with Gasteiger partial charge in [-0.1, -0.05) is 13.3 Å². The highest BCUT2D eigenvalue weighted by molar-refractivity contribution is 4.81. The summed E-state index contributed by atoms with van der Waals surface area (Å²) in [5.41, 5.74) is 6.13. The van der Waals surface area contributed by atoms with Gasteiger partial charge in [0.25, 0.3) is 0 Å². The van der Waals surface area contributed by atoms with Gasteiger partial charge in [-0.2, -0.15) is 0 Å². The number of nitrogens with one attached hydrogen (secondary N) is 1. The van der Waals surface area contributed by atoms with Gasteiger partial charge >= 0.3 is 0 Å². The zero-order valence-corrected chi connectivity index (χ0v) is 9.05. The van der Waals surface area contributed by atoms with Crippen molar-refractivity contribution in [2.45, 2.75) is 57.5 Å². The largest absolute Gasteiger partial charge is 0.327 e. The smallest absolute Gasteiger partial charge is 0.00670 e. The van der Waals surface area contributed by atoms with Gasteiger partial charge in [0, 0.05) is 12.1 Å². The van der Waals surface area contributed by atoms with Crippen LogP contribution in [0.4, 0.5) is 0 Å². The maximum absolute atomic E-state index is 6.13. The summed E-state index contributed by atoms with van der Waals surface area (Å²) in [6, 6.07) is 1.22. The topological polar surface area (TPSA) is 38.0 Å². The molecule has 0 aliphatic heterocycles. The van der Waals surface area contributed by atoms with Crippen molar-refractivity contribution in [1.29, 1.82) is 0 Å². The van der Waals surface area contributed by atoms with E-state index in [9.17, 15) is 0 Å². The molecule has 2 heteroatoms. The molecule has 0 amide bonds. The molecule has 1 aliphatic carbocycles. The lowest BCUT2D eigenvalue weighted by atomic mass is 9.80. The van der Waals surface area contributed by atoms with Gasteiger partial charge in [0.2, 0.25) is 0 Å². The van der Waals surface area contributed by atoms with E-state index in [-0.39, 0.29) is 0 Å². The van der Waals surface area contributed by atoms with Crippen molar-refractivity contribution in [3.8, 4) is 0 Å². The summed E-state index contributed by atoms with van der Waals surface area (Å²) in [5, 5.41) is 3.35. The molecule has 1 unspecified atom stereocenters. The van der Waals surface area contributed by atoms with Crippen molar-refractivity contribution in [3.63, 3.8) is 0 Å². The standard InChI is InChI=1S/C11H24N2/c1-3-4-11(12)9-5-7-10(13-2)8-6-9/h9-11,13H,3-8,12H2,1-2H3. The van der Waals surface area contributed by atoms with Crippen LogP contribution < -0.4 is 11.1 Å². The zero-order chi connectivity index (χ0) is 9.68. The summed E-state index contributed by atoms with van der Waals surface area (Å²) in [4.78, 5) is 0. The number of nitrogens with two attached hydrogens (primary N) is 1. The molecule has 1 saturated carbocycles. The Labute approximate surface area is 82.3 Å². The Balaban J connectivity index is 2.23. The van der Waals surface area contributed by atoms with Crippen LogP contribution in [0, 0.1) is 5.92 Å². The monoisotopic (exact) mass is 184 g/mol. The first kappa shape index (κ1) is 11.0. The maximum atomic E-state index is 6.13. The molecule has 0 bridgehead atoms. The summed E-state index contributed by atoms with van der Waals surface area (Å²) in [6.07, 6.45) is 7.72.